The lowest BCUT2D eigenvalue weighted by Gasteiger charge is -2.16. The van der Waals surface area contributed by atoms with Crippen LogP contribution in [0.4, 0.5) is 0 Å². The van der Waals surface area contributed by atoms with E-state index in [0.717, 1.165) is 26.8 Å². The first-order valence-corrected chi connectivity index (χ1v) is 8.05. The van der Waals surface area contributed by atoms with Crippen molar-refractivity contribution < 1.29 is 0 Å². The number of rotatable bonds is 5. The minimum absolute atomic E-state index is 0.152. The Bertz CT molecular complexity index is 482. The van der Waals surface area contributed by atoms with Gasteiger partial charge < -0.3 is 5.32 Å². The summed E-state index contributed by atoms with van der Waals surface area (Å²) in [5.74, 6) is 0. The van der Waals surface area contributed by atoms with E-state index in [2.05, 4.69) is 60.1 Å². The van der Waals surface area contributed by atoms with E-state index in [4.69, 9.17) is 0 Å². The second-order valence-electron chi connectivity index (χ2n) is 3.83. The van der Waals surface area contributed by atoms with E-state index in [1.165, 1.54) is 4.88 Å². The maximum absolute atomic E-state index is 4.10. The van der Waals surface area contributed by atoms with E-state index in [1.807, 2.05) is 12.4 Å². The molecule has 0 aliphatic rings. The molecule has 0 saturated carbocycles. The minimum Gasteiger partial charge on any atom is -0.306 e. The zero-order valence-corrected chi connectivity index (χ0v) is 13.8. The van der Waals surface area contributed by atoms with Crippen LogP contribution in [-0.4, -0.2) is 16.5 Å². The van der Waals surface area contributed by atoms with Gasteiger partial charge in [-0.15, -0.1) is 11.3 Å². The Balaban J connectivity index is 2.30. The predicted molar refractivity (Wildman–Crippen MR) is 81.9 cm³/mol. The monoisotopic (exact) mass is 389 g/mol. The number of hydrogen-bond donors (Lipinski definition) is 1. The largest absolute Gasteiger partial charge is 0.306 e. The van der Waals surface area contributed by atoms with Crippen LogP contribution in [0.15, 0.2) is 33.0 Å². The molecule has 0 spiro atoms. The Morgan fingerprint density at radius 2 is 2.06 bits per heavy atom. The van der Waals surface area contributed by atoms with Gasteiger partial charge >= 0.3 is 0 Å². The summed E-state index contributed by atoms with van der Waals surface area (Å²) in [6.07, 6.45) is 6.38. The molecule has 0 bridgehead atoms. The third kappa shape index (κ3) is 3.38. The van der Waals surface area contributed by atoms with Gasteiger partial charge in [0.1, 0.15) is 6.33 Å². The first-order valence-electron chi connectivity index (χ1n) is 5.65. The lowest BCUT2D eigenvalue weighted by atomic mass is 10.1. The van der Waals surface area contributed by atoms with Gasteiger partial charge in [-0.25, -0.2) is 9.97 Å². The van der Waals surface area contributed by atoms with Crippen LogP contribution in [0.3, 0.4) is 0 Å². The Kier molecular flexibility index (Phi) is 5.29. The zero-order chi connectivity index (χ0) is 13.0. The van der Waals surface area contributed by atoms with Crippen LogP contribution in [0.2, 0.25) is 0 Å². The normalized spacial score (nSPS) is 12.6. The van der Waals surface area contributed by atoms with Crippen molar-refractivity contribution in [3.63, 3.8) is 0 Å². The average Bonchev–Trinajstić information content (AvgIpc) is 2.71. The first kappa shape index (κ1) is 14.1. The van der Waals surface area contributed by atoms with Gasteiger partial charge in [0.25, 0.3) is 0 Å². The van der Waals surface area contributed by atoms with Crippen LogP contribution < -0.4 is 5.32 Å². The highest BCUT2D eigenvalue weighted by Crippen LogP contribution is 2.37. The Morgan fingerprint density at radius 3 is 2.61 bits per heavy atom. The summed E-state index contributed by atoms with van der Waals surface area (Å²) in [6.45, 7) is 3.12. The molecule has 0 saturated heterocycles. The van der Waals surface area contributed by atoms with E-state index in [1.54, 1.807) is 17.7 Å². The topological polar surface area (TPSA) is 37.8 Å². The smallest absolute Gasteiger partial charge is 0.115 e. The number of nitrogens with zero attached hydrogens (tertiary/aromatic N) is 2. The third-order valence-corrected chi connectivity index (χ3v) is 5.78. The van der Waals surface area contributed by atoms with Crippen LogP contribution in [0.1, 0.15) is 29.8 Å². The highest BCUT2D eigenvalue weighted by molar-refractivity contribution is 9.13. The van der Waals surface area contributed by atoms with Crippen LogP contribution >= 0.6 is 43.2 Å². The van der Waals surface area contributed by atoms with Crippen molar-refractivity contribution in [1.82, 2.24) is 15.3 Å². The number of thiophene rings is 1. The minimum atomic E-state index is 0.152. The molecule has 0 radical (unpaired) electrons. The van der Waals surface area contributed by atoms with Crippen molar-refractivity contribution in [1.29, 1.82) is 0 Å². The fourth-order valence-electron chi connectivity index (χ4n) is 1.64. The molecule has 1 N–H and O–H groups in total. The van der Waals surface area contributed by atoms with Crippen molar-refractivity contribution in [3.05, 3.63) is 43.5 Å². The van der Waals surface area contributed by atoms with Crippen molar-refractivity contribution in [2.75, 3.05) is 6.54 Å². The van der Waals surface area contributed by atoms with Crippen molar-refractivity contribution in [2.45, 2.75) is 19.4 Å². The van der Waals surface area contributed by atoms with E-state index in [-0.39, 0.29) is 6.04 Å². The highest BCUT2D eigenvalue weighted by atomic mass is 79.9. The first-order chi connectivity index (χ1) is 8.72. The fourth-order valence-corrected chi connectivity index (χ4v) is 3.83. The average molecular weight is 391 g/mol. The molecule has 2 aromatic rings. The van der Waals surface area contributed by atoms with Gasteiger partial charge in [-0.3, -0.25) is 0 Å². The number of nitrogens with one attached hydrogen (secondary N) is 1. The molecule has 0 aliphatic heterocycles. The molecular formula is C12H13Br2N3S. The molecule has 2 heterocycles. The van der Waals surface area contributed by atoms with Crippen LogP contribution in [0.25, 0.3) is 0 Å². The summed E-state index contributed by atoms with van der Waals surface area (Å²) >= 11 is 8.79. The molecule has 2 rings (SSSR count). The Labute approximate surface area is 127 Å². The molecule has 6 heteroatoms. The molecule has 1 atom stereocenters. The summed E-state index contributed by atoms with van der Waals surface area (Å²) in [6, 6.07) is 2.29. The second kappa shape index (κ2) is 6.75. The third-order valence-electron chi connectivity index (χ3n) is 2.46. The molecule has 0 amide bonds. The predicted octanol–water partition coefficient (Wildman–Crippen LogP) is 4.15. The van der Waals surface area contributed by atoms with E-state index >= 15 is 0 Å². The van der Waals surface area contributed by atoms with Gasteiger partial charge in [0.2, 0.25) is 0 Å². The Morgan fingerprint density at radius 1 is 1.33 bits per heavy atom. The SMILES string of the molecule is CCCNC(c1cncnc1)c1cc(Br)c(Br)s1. The van der Waals surface area contributed by atoms with E-state index in [9.17, 15) is 0 Å². The molecule has 2 aromatic heterocycles. The van der Waals surface area contributed by atoms with Gasteiger partial charge in [0.05, 0.1) is 9.83 Å². The van der Waals surface area contributed by atoms with Gasteiger partial charge in [-0.2, -0.15) is 0 Å². The maximum atomic E-state index is 4.10. The van der Waals surface area contributed by atoms with E-state index in [0.29, 0.717) is 0 Å². The number of hydrogen-bond acceptors (Lipinski definition) is 4. The fraction of sp³-hybridized carbons (Fsp3) is 0.333. The summed E-state index contributed by atoms with van der Waals surface area (Å²) in [4.78, 5) is 9.44. The summed E-state index contributed by atoms with van der Waals surface area (Å²) in [7, 11) is 0. The molecule has 0 fully saturated rings. The molecule has 18 heavy (non-hydrogen) atoms. The summed E-state index contributed by atoms with van der Waals surface area (Å²) < 4.78 is 2.19. The second-order valence-corrected chi connectivity index (χ2v) is 7.09. The number of halogens is 2. The van der Waals surface area contributed by atoms with Gasteiger partial charge in [-0.05, 0) is 50.9 Å². The van der Waals surface area contributed by atoms with Gasteiger partial charge in [-0.1, -0.05) is 6.92 Å². The van der Waals surface area contributed by atoms with Gasteiger partial charge in [0, 0.05) is 27.3 Å². The van der Waals surface area contributed by atoms with Crippen LogP contribution in [-0.2, 0) is 0 Å². The standard InChI is InChI=1S/C12H13Br2N3S/c1-2-3-17-11(8-5-15-7-16-6-8)10-4-9(13)12(14)18-10/h4-7,11,17H,2-3H2,1H3. The maximum Gasteiger partial charge on any atom is 0.115 e. The van der Waals surface area contributed by atoms with Crippen LogP contribution in [0, 0.1) is 0 Å². The molecule has 1 unspecified atom stereocenters. The van der Waals surface area contributed by atoms with E-state index < -0.39 is 0 Å². The summed E-state index contributed by atoms with van der Waals surface area (Å²) in [5.41, 5.74) is 1.09. The highest BCUT2D eigenvalue weighted by Gasteiger charge is 2.17. The molecule has 96 valence electrons. The molecule has 0 aliphatic carbocycles. The zero-order valence-electron chi connectivity index (χ0n) is 9.86. The molecular weight excluding hydrogens is 378 g/mol. The quantitative estimate of drug-likeness (QED) is 0.833. The lowest BCUT2D eigenvalue weighted by molar-refractivity contribution is 0.602. The van der Waals surface area contributed by atoms with Gasteiger partial charge in [0.15, 0.2) is 0 Å². The molecule has 3 nitrogen and oxygen atoms in total. The van der Waals surface area contributed by atoms with Crippen LogP contribution in [0.5, 0.6) is 0 Å². The Hall–Kier alpha value is -0.300. The lowest BCUT2D eigenvalue weighted by Crippen LogP contribution is -2.22. The van der Waals surface area contributed by atoms with Crippen molar-refractivity contribution in [3.8, 4) is 0 Å². The summed E-state index contributed by atoms with van der Waals surface area (Å²) in [5, 5.41) is 3.53. The van der Waals surface area contributed by atoms with Crippen molar-refractivity contribution >= 4 is 43.2 Å². The molecule has 0 aromatic carbocycles. The van der Waals surface area contributed by atoms with Crippen molar-refractivity contribution in [2.24, 2.45) is 0 Å². The number of aromatic nitrogens is 2.